The van der Waals surface area contributed by atoms with Gasteiger partial charge < -0.3 is 11.1 Å². The fourth-order valence-corrected chi connectivity index (χ4v) is 2.49. The summed E-state index contributed by atoms with van der Waals surface area (Å²) in [6.45, 7) is 0.134. The first-order valence-electron chi connectivity index (χ1n) is 6.37. The number of fused-ring (bicyclic) bond motifs is 1. The number of benzene rings is 2. The number of nitrogen functional groups attached to an aromatic ring is 1. The summed E-state index contributed by atoms with van der Waals surface area (Å²) in [5.74, 6) is -0.144. The standard InChI is InChI=1S/C15H13BrN4O/c16-12-3-1-11-6-14(4-2-10(11)5-12)19-15(21)9-20-8-13(17)7-18-20/h1-8H,9,17H2,(H,19,21). The molecule has 0 bridgehead atoms. The lowest BCUT2D eigenvalue weighted by molar-refractivity contribution is -0.116. The molecule has 0 saturated heterocycles. The number of amides is 1. The molecule has 3 N–H and O–H groups in total. The Kier molecular flexibility index (Phi) is 3.62. The monoisotopic (exact) mass is 344 g/mol. The third-order valence-corrected chi connectivity index (χ3v) is 3.54. The molecule has 106 valence electrons. The Bertz CT molecular complexity index is 812. The van der Waals surface area contributed by atoms with Crippen molar-refractivity contribution in [1.29, 1.82) is 0 Å². The van der Waals surface area contributed by atoms with Gasteiger partial charge in [0.2, 0.25) is 5.91 Å². The number of halogens is 1. The Hall–Kier alpha value is -2.34. The molecule has 1 amide bonds. The first-order chi connectivity index (χ1) is 10.1. The van der Waals surface area contributed by atoms with E-state index in [1.807, 2.05) is 36.4 Å². The van der Waals surface area contributed by atoms with Crippen LogP contribution in [0, 0.1) is 0 Å². The van der Waals surface area contributed by atoms with E-state index in [-0.39, 0.29) is 12.5 Å². The maximum Gasteiger partial charge on any atom is 0.246 e. The highest BCUT2D eigenvalue weighted by Crippen LogP contribution is 2.23. The Morgan fingerprint density at radius 3 is 2.76 bits per heavy atom. The zero-order valence-corrected chi connectivity index (χ0v) is 12.7. The van der Waals surface area contributed by atoms with Crippen molar-refractivity contribution in [1.82, 2.24) is 9.78 Å². The predicted molar refractivity (Wildman–Crippen MR) is 86.9 cm³/mol. The van der Waals surface area contributed by atoms with Gasteiger partial charge >= 0.3 is 0 Å². The maximum absolute atomic E-state index is 12.0. The maximum atomic E-state index is 12.0. The number of aromatic nitrogens is 2. The van der Waals surface area contributed by atoms with Crippen LogP contribution in [-0.2, 0) is 11.3 Å². The molecule has 3 rings (SSSR count). The van der Waals surface area contributed by atoms with Gasteiger partial charge in [0.1, 0.15) is 6.54 Å². The Morgan fingerprint density at radius 2 is 2.00 bits per heavy atom. The molecule has 0 fully saturated rings. The smallest absolute Gasteiger partial charge is 0.246 e. The molecule has 0 saturated carbocycles. The minimum absolute atomic E-state index is 0.134. The number of hydrogen-bond donors (Lipinski definition) is 2. The first kappa shape index (κ1) is 13.6. The van der Waals surface area contributed by atoms with Crippen molar-refractivity contribution in [2.24, 2.45) is 0 Å². The van der Waals surface area contributed by atoms with Gasteiger partial charge in [0.15, 0.2) is 0 Å². The number of nitrogens with two attached hydrogens (primary N) is 1. The van der Waals surface area contributed by atoms with E-state index in [4.69, 9.17) is 5.73 Å². The van der Waals surface area contributed by atoms with Crippen LogP contribution in [0.3, 0.4) is 0 Å². The van der Waals surface area contributed by atoms with Gasteiger partial charge in [-0.1, -0.05) is 28.1 Å². The van der Waals surface area contributed by atoms with Crippen LogP contribution < -0.4 is 11.1 Å². The average molecular weight is 345 g/mol. The van der Waals surface area contributed by atoms with E-state index in [2.05, 4.69) is 26.3 Å². The van der Waals surface area contributed by atoms with Crippen LogP contribution in [0.25, 0.3) is 10.8 Å². The third-order valence-electron chi connectivity index (χ3n) is 3.04. The molecule has 0 aliphatic carbocycles. The number of anilines is 2. The molecule has 1 aromatic heterocycles. The van der Waals surface area contributed by atoms with Gasteiger partial charge in [0.05, 0.1) is 11.9 Å². The number of hydrogen-bond acceptors (Lipinski definition) is 3. The number of carbonyl (C=O) groups is 1. The summed E-state index contributed by atoms with van der Waals surface area (Å²) in [4.78, 5) is 12.0. The molecule has 21 heavy (non-hydrogen) atoms. The average Bonchev–Trinajstić information content (AvgIpc) is 2.84. The second kappa shape index (κ2) is 5.57. The molecule has 0 aliphatic heterocycles. The molecule has 3 aromatic rings. The highest BCUT2D eigenvalue weighted by Gasteiger charge is 2.05. The molecule has 5 nitrogen and oxygen atoms in total. The summed E-state index contributed by atoms with van der Waals surface area (Å²) in [5, 5.41) is 9.02. The van der Waals surface area contributed by atoms with Crippen molar-refractivity contribution < 1.29 is 4.79 Å². The second-order valence-corrected chi connectivity index (χ2v) is 5.64. The van der Waals surface area contributed by atoms with E-state index in [0.29, 0.717) is 5.69 Å². The quantitative estimate of drug-likeness (QED) is 0.766. The van der Waals surface area contributed by atoms with Crippen molar-refractivity contribution in [3.8, 4) is 0 Å². The fourth-order valence-electron chi connectivity index (χ4n) is 2.11. The topological polar surface area (TPSA) is 72.9 Å². The van der Waals surface area contributed by atoms with Crippen molar-refractivity contribution in [3.05, 3.63) is 53.3 Å². The van der Waals surface area contributed by atoms with Crippen molar-refractivity contribution in [3.63, 3.8) is 0 Å². The highest BCUT2D eigenvalue weighted by molar-refractivity contribution is 9.10. The van der Waals surface area contributed by atoms with Gasteiger partial charge in [-0.3, -0.25) is 9.48 Å². The van der Waals surface area contributed by atoms with E-state index in [1.54, 1.807) is 6.20 Å². The summed E-state index contributed by atoms with van der Waals surface area (Å²) in [7, 11) is 0. The Balaban J connectivity index is 1.75. The zero-order chi connectivity index (χ0) is 14.8. The third kappa shape index (κ3) is 3.22. The lowest BCUT2D eigenvalue weighted by Gasteiger charge is -2.07. The lowest BCUT2D eigenvalue weighted by Crippen LogP contribution is -2.18. The van der Waals surface area contributed by atoms with Gasteiger partial charge in [0, 0.05) is 16.4 Å². The number of nitrogens with one attached hydrogen (secondary N) is 1. The summed E-state index contributed by atoms with van der Waals surface area (Å²) in [6.07, 6.45) is 3.14. The van der Waals surface area contributed by atoms with Gasteiger partial charge in [0.25, 0.3) is 0 Å². The molecule has 0 unspecified atom stereocenters. The fraction of sp³-hybridized carbons (Fsp3) is 0.0667. The largest absolute Gasteiger partial charge is 0.396 e. The Labute approximate surface area is 129 Å². The summed E-state index contributed by atoms with van der Waals surface area (Å²) >= 11 is 3.44. The highest BCUT2D eigenvalue weighted by atomic mass is 79.9. The van der Waals surface area contributed by atoms with Gasteiger partial charge in [-0.05, 0) is 35.0 Å². The van der Waals surface area contributed by atoms with Crippen LogP contribution in [0.15, 0.2) is 53.3 Å². The summed E-state index contributed by atoms with van der Waals surface area (Å²) < 4.78 is 2.53. The molecule has 1 heterocycles. The number of carbonyl (C=O) groups excluding carboxylic acids is 1. The molecule has 6 heteroatoms. The van der Waals surface area contributed by atoms with Gasteiger partial charge in [-0.15, -0.1) is 0 Å². The molecule has 0 radical (unpaired) electrons. The molecule has 0 spiro atoms. The first-order valence-corrected chi connectivity index (χ1v) is 7.16. The van der Waals surface area contributed by atoms with Gasteiger partial charge in [-0.2, -0.15) is 5.10 Å². The van der Waals surface area contributed by atoms with Crippen molar-refractivity contribution in [2.45, 2.75) is 6.54 Å². The van der Waals surface area contributed by atoms with Crippen molar-refractivity contribution in [2.75, 3.05) is 11.1 Å². The van der Waals surface area contributed by atoms with Crippen LogP contribution in [0.2, 0.25) is 0 Å². The summed E-state index contributed by atoms with van der Waals surface area (Å²) in [6, 6.07) is 11.8. The van der Waals surface area contributed by atoms with E-state index in [0.717, 1.165) is 20.9 Å². The molecular formula is C15H13BrN4O. The predicted octanol–water partition coefficient (Wildman–Crippen LogP) is 3.02. The van der Waals surface area contributed by atoms with Crippen LogP contribution in [0.5, 0.6) is 0 Å². The SMILES string of the molecule is Nc1cnn(CC(=O)Nc2ccc3cc(Br)ccc3c2)c1. The minimum Gasteiger partial charge on any atom is -0.396 e. The van der Waals surface area contributed by atoms with Crippen LogP contribution >= 0.6 is 15.9 Å². The van der Waals surface area contributed by atoms with Crippen molar-refractivity contribution >= 4 is 44.0 Å². The zero-order valence-electron chi connectivity index (χ0n) is 11.1. The van der Waals surface area contributed by atoms with E-state index in [9.17, 15) is 4.79 Å². The second-order valence-electron chi connectivity index (χ2n) is 4.73. The van der Waals surface area contributed by atoms with Gasteiger partial charge in [-0.25, -0.2) is 0 Å². The summed E-state index contributed by atoms with van der Waals surface area (Å²) in [5.41, 5.74) is 6.86. The minimum atomic E-state index is -0.144. The molecule has 0 atom stereocenters. The van der Waals surface area contributed by atoms with Crippen LogP contribution in [-0.4, -0.2) is 15.7 Å². The van der Waals surface area contributed by atoms with E-state index >= 15 is 0 Å². The van der Waals surface area contributed by atoms with E-state index in [1.165, 1.54) is 10.9 Å². The van der Waals surface area contributed by atoms with Crippen LogP contribution in [0.4, 0.5) is 11.4 Å². The van der Waals surface area contributed by atoms with E-state index < -0.39 is 0 Å². The normalized spacial score (nSPS) is 10.7. The number of rotatable bonds is 3. The Morgan fingerprint density at radius 1 is 1.24 bits per heavy atom. The molecular weight excluding hydrogens is 332 g/mol. The molecule has 0 aliphatic rings. The lowest BCUT2D eigenvalue weighted by atomic mass is 10.1. The number of nitrogens with zero attached hydrogens (tertiary/aromatic N) is 2. The molecule has 2 aromatic carbocycles. The van der Waals surface area contributed by atoms with Crippen LogP contribution in [0.1, 0.15) is 0 Å².